The lowest BCUT2D eigenvalue weighted by Gasteiger charge is -2.30. The van der Waals surface area contributed by atoms with E-state index in [4.69, 9.17) is 4.74 Å². The smallest absolute Gasteiger partial charge is 0.0839 e. The van der Waals surface area contributed by atoms with Crippen LogP contribution < -0.4 is 5.32 Å². The summed E-state index contributed by atoms with van der Waals surface area (Å²) in [6.45, 7) is 6.28. The van der Waals surface area contributed by atoms with Crippen molar-refractivity contribution in [1.29, 1.82) is 0 Å². The van der Waals surface area contributed by atoms with Crippen molar-refractivity contribution >= 4 is 0 Å². The van der Waals surface area contributed by atoms with Crippen molar-refractivity contribution in [3.05, 3.63) is 35.4 Å². The number of ether oxygens (including phenoxy) is 1. The largest absolute Gasteiger partial charge is 0.373 e. The molecule has 2 heteroatoms. The van der Waals surface area contributed by atoms with Gasteiger partial charge in [-0.25, -0.2) is 0 Å². The first-order valence-corrected chi connectivity index (χ1v) is 6.77. The zero-order valence-corrected chi connectivity index (χ0v) is 10.9. The molecule has 1 heterocycles. The maximum atomic E-state index is 5.87. The molecule has 1 aromatic rings. The fraction of sp³-hybridized carbons (Fsp3) is 0.600. The van der Waals surface area contributed by atoms with Gasteiger partial charge in [-0.05, 0) is 36.9 Å². The Morgan fingerprint density at radius 2 is 2.00 bits per heavy atom. The lowest BCUT2D eigenvalue weighted by molar-refractivity contribution is 0.000589. The third-order valence-corrected chi connectivity index (χ3v) is 3.54. The Morgan fingerprint density at radius 1 is 1.24 bits per heavy atom. The van der Waals surface area contributed by atoms with Crippen LogP contribution in [-0.4, -0.2) is 19.2 Å². The second-order valence-electron chi connectivity index (χ2n) is 4.73. The summed E-state index contributed by atoms with van der Waals surface area (Å²) < 4.78 is 5.87. The fourth-order valence-electron chi connectivity index (χ4n) is 2.47. The van der Waals surface area contributed by atoms with Gasteiger partial charge in [0.25, 0.3) is 0 Å². The second-order valence-corrected chi connectivity index (χ2v) is 4.73. The van der Waals surface area contributed by atoms with E-state index >= 15 is 0 Å². The molecule has 0 amide bonds. The van der Waals surface area contributed by atoms with E-state index in [1.54, 1.807) is 0 Å². The standard InChI is InChI=1S/C15H23NO/c1-3-12-5-7-13(8-6-12)15-11-14(16-4-2)9-10-17-15/h5-8,14-16H,3-4,9-11H2,1-2H3. The van der Waals surface area contributed by atoms with Gasteiger partial charge in [0.1, 0.15) is 0 Å². The van der Waals surface area contributed by atoms with Gasteiger partial charge < -0.3 is 10.1 Å². The quantitative estimate of drug-likeness (QED) is 0.863. The number of hydrogen-bond acceptors (Lipinski definition) is 2. The van der Waals surface area contributed by atoms with E-state index in [0.29, 0.717) is 6.04 Å². The average molecular weight is 233 g/mol. The SMILES string of the molecule is CCNC1CCOC(c2ccc(CC)cc2)C1. The number of rotatable bonds is 4. The van der Waals surface area contributed by atoms with Crippen LogP contribution >= 0.6 is 0 Å². The highest BCUT2D eigenvalue weighted by molar-refractivity contribution is 5.24. The fourth-order valence-corrected chi connectivity index (χ4v) is 2.47. The average Bonchev–Trinajstić information content (AvgIpc) is 2.40. The molecule has 0 spiro atoms. The Balaban J connectivity index is 2.00. The van der Waals surface area contributed by atoms with Gasteiger partial charge in [-0.3, -0.25) is 0 Å². The lowest BCUT2D eigenvalue weighted by Crippen LogP contribution is -2.35. The molecule has 0 aliphatic carbocycles. The highest BCUT2D eigenvalue weighted by atomic mass is 16.5. The Bertz CT molecular complexity index is 331. The Labute approximate surface area is 104 Å². The molecule has 1 aliphatic rings. The van der Waals surface area contributed by atoms with Gasteiger partial charge >= 0.3 is 0 Å². The summed E-state index contributed by atoms with van der Waals surface area (Å²) in [5, 5.41) is 3.53. The van der Waals surface area contributed by atoms with Gasteiger partial charge in [0.05, 0.1) is 6.10 Å². The minimum absolute atomic E-state index is 0.277. The van der Waals surface area contributed by atoms with Crippen LogP contribution in [0.4, 0.5) is 0 Å². The van der Waals surface area contributed by atoms with Crippen LogP contribution in [0.15, 0.2) is 24.3 Å². The highest BCUT2D eigenvalue weighted by Crippen LogP contribution is 2.28. The summed E-state index contributed by atoms with van der Waals surface area (Å²) in [5.74, 6) is 0. The van der Waals surface area contributed by atoms with Crippen molar-refractivity contribution in [2.75, 3.05) is 13.2 Å². The van der Waals surface area contributed by atoms with E-state index in [1.165, 1.54) is 11.1 Å². The lowest BCUT2D eigenvalue weighted by atomic mass is 9.96. The van der Waals surface area contributed by atoms with Crippen LogP contribution in [0.3, 0.4) is 0 Å². The van der Waals surface area contributed by atoms with Crippen LogP contribution in [-0.2, 0) is 11.2 Å². The van der Waals surface area contributed by atoms with Gasteiger partial charge in [0.2, 0.25) is 0 Å². The third-order valence-electron chi connectivity index (χ3n) is 3.54. The third kappa shape index (κ3) is 3.30. The van der Waals surface area contributed by atoms with E-state index < -0.39 is 0 Å². The maximum absolute atomic E-state index is 5.87. The van der Waals surface area contributed by atoms with E-state index in [1.807, 2.05) is 0 Å². The molecular weight excluding hydrogens is 210 g/mol. The topological polar surface area (TPSA) is 21.3 Å². The molecule has 0 saturated carbocycles. The number of benzene rings is 1. The second kappa shape index (κ2) is 6.18. The summed E-state index contributed by atoms with van der Waals surface area (Å²) in [4.78, 5) is 0. The van der Waals surface area contributed by atoms with Gasteiger partial charge in [0, 0.05) is 12.6 Å². The molecule has 2 nitrogen and oxygen atoms in total. The summed E-state index contributed by atoms with van der Waals surface area (Å²) in [6.07, 6.45) is 3.61. The first kappa shape index (κ1) is 12.6. The van der Waals surface area contributed by atoms with E-state index in [-0.39, 0.29) is 6.10 Å². The van der Waals surface area contributed by atoms with Crippen LogP contribution in [0.25, 0.3) is 0 Å². The molecule has 2 rings (SSSR count). The predicted octanol–water partition coefficient (Wildman–Crippen LogP) is 3.08. The van der Waals surface area contributed by atoms with Crippen LogP contribution in [0.2, 0.25) is 0 Å². The summed E-state index contributed by atoms with van der Waals surface area (Å²) >= 11 is 0. The van der Waals surface area contributed by atoms with Crippen molar-refractivity contribution < 1.29 is 4.74 Å². The summed E-state index contributed by atoms with van der Waals surface area (Å²) in [7, 11) is 0. The number of aryl methyl sites for hydroxylation is 1. The molecule has 1 aromatic carbocycles. The first-order valence-electron chi connectivity index (χ1n) is 6.77. The molecule has 17 heavy (non-hydrogen) atoms. The van der Waals surface area contributed by atoms with E-state index in [9.17, 15) is 0 Å². The maximum Gasteiger partial charge on any atom is 0.0839 e. The van der Waals surface area contributed by atoms with Crippen molar-refractivity contribution in [3.8, 4) is 0 Å². The van der Waals surface area contributed by atoms with Gasteiger partial charge in [0.15, 0.2) is 0 Å². The molecule has 1 saturated heterocycles. The Hall–Kier alpha value is -0.860. The van der Waals surface area contributed by atoms with Crippen molar-refractivity contribution in [1.82, 2.24) is 5.32 Å². The minimum Gasteiger partial charge on any atom is -0.373 e. The molecule has 1 N–H and O–H groups in total. The van der Waals surface area contributed by atoms with Crippen molar-refractivity contribution in [2.24, 2.45) is 0 Å². The molecule has 1 aliphatic heterocycles. The molecule has 2 unspecified atom stereocenters. The Morgan fingerprint density at radius 3 is 2.65 bits per heavy atom. The minimum atomic E-state index is 0.277. The van der Waals surface area contributed by atoms with E-state index in [0.717, 1.165) is 32.4 Å². The van der Waals surface area contributed by atoms with Gasteiger partial charge in [-0.15, -0.1) is 0 Å². The number of hydrogen-bond donors (Lipinski definition) is 1. The molecule has 94 valence electrons. The van der Waals surface area contributed by atoms with E-state index in [2.05, 4.69) is 43.4 Å². The first-order chi connectivity index (χ1) is 8.33. The number of nitrogens with one attached hydrogen (secondary N) is 1. The molecule has 2 atom stereocenters. The normalized spacial score (nSPS) is 24.8. The van der Waals surface area contributed by atoms with Crippen LogP contribution in [0.1, 0.15) is 43.9 Å². The monoisotopic (exact) mass is 233 g/mol. The highest BCUT2D eigenvalue weighted by Gasteiger charge is 2.22. The predicted molar refractivity (Wildman–Crippen MR) is 71.2 cm³/mol. The summed E-state index contributed by atoms with van der Waals surface area (Å²) in [5.41, 5.74) is 2.72. The van der Waals surface area contributed by atoms with Crippen molar-refractivity contribution in [3.63, 3.8) is 0 Å². The zero-order chi connectivity index (χ0) is 12.1. The van der Waals surface area contributed by atoms with Gasteiger partial charge in [-0.1, -0.05) is 38.1 Å². The van der Waals surface area contributed by atoms with Crippen molar-refractivity contribution in [2.45, 2.75) is 45.3 Å². The zero-order valence-electron chi connectivity index (χ0n) is 10.9. The molecule has 0 aromatic heterocycles. The molecule has 0 bridgehead atoms. The Kier molecular flexibility index (Phi) is 4.57. The molecule has 1 fully saturated rings. The van der Waals surface area contributed by atoms with Crippen LogP contribution in [0.5, 0.6) is 0 Å². The molecular formula is C15H23NO. The van der Waals surface area contributed by atoms with Crippen LogP contribution in [0, 0.1) is 0 Å². The molecule has 0 radical (unpaired) electrons. The summed E-state index contributed by atoms with van der Waals surface area (Å²) in [6, 6.07) is 9.49. The van der Waals surface area contributed by atoms with Gasteiger partial charge in [-0.2, -0.15) is 0 Å².